The van der Waals surface area contributed by atoms with Crippen LogP contribution in [0.3, 0.4) is 0 Å². The molecule has 84 valence electrons. The Morgan fingerprint density at radius 1 is 1.29 bits per heavy atom. The van der Waals surface area contributed by atoms with E-state index < -0.39 is 0 Å². The van der Waals surface area contributed by atoms with Crippen molar-refractivity contribution >= 4 is 10.9 Å². The zero-order valence-electron chi connectivity index (χ0n) is 9.33. The molecule has 0 saturated heterocycles. The van der Waals surface area contributed by atoms with E-state index in [2.05, 4.69) is 9.97 Å². The Bertz CT molecular complexity index is 674. The van der Waals surface area contributed by atoms with Gasteiger partial charge in [0.25, 0.3) is 0 Å². The van der Waals surface area contributed by atoms with Gasteiger partial charge < -0.3 is 9.67 Å². The van der Waals surface area contributed by atoms with Gasteiger partial charge in [-0.15, -0.1) is 0 Å². The normalized spacial score (nSPS) is 10.9. The molecule has 2 aromatic heterocycles. The molecule has 3 aromatic rings. The van der Waals surface area contributed by atoms with Crippen LogP contribution in [0.25, 0.3) is 16.6 Å². The molecule has 2 heterocycles. The molecule has 1 N–H and O–H groups in total. The first kappa shape index (κ1) is 9.84. The summed E-state index contributed by atoms with van der Waals surface area (Å²) in [6.07, 6.45) is 5.33. The number of benzene rings is 1. The molecule has 0 unspecified atom stereocenters. The quantitative estimate of drug-likeness (QED) is 0.692. The molecule has 17 heavy (non-hydrogen) atoms. The first-order valence-corrected chi connectivity index (χ1v) is 5.33. The number of aromatic hydroxyl groups is 1. The molecule has 0 aliphatic carbocycles. The number of rotatable bonds is 1. The minimum absolute atomic E-state index is 0.201. The maximum atomic E-state index is 9.83. The van der Waals surface area contributed by atoms with Gasteiger partial charge in [-0.2, -0.15) is 0 Å². The summed E-state index contributed by atoms with van der Waals surface area (Å²) in [7, 11) is 0. The molecule has 0 atom stereocenters. The predicted octanol–water partition coefficient (Wildman–Crippen LogP) is 2.43. The zero-order chi connectivity index (χ0) is 11.8. The van der Waals surface area contributed by atoms with Crippen molar-refractivity contribution in [3.8, 4) is 11.4 Å². The van der Waals surface area contributed by atoms with Crippen LogP contribution in [0.5, 0.6) is 5.75 Å². The molecule has 0 aliphatic rings. The average molecular weight is 225 g/mol. The third-order valence-corrected chi connectivity index (χ3v) is 2.71. The maximum absolute atomic E-state index is 9.83. The molecule has 1 aromatic carbocycles. The number of hydrogen-bond donors (Lipinski definition) is 1. The fraction of sp³-hybridized carbons (Fsp3) is 0.0769. The fourth-order valence-electron chi connectivity index (χ4n) is 1.95. The van der Waals surface area contributed by atoms with Gasteiger partial charge in [-0.05, 0) is 19.1 Å². The van der Waals surface area contributed by atoms with E-state index in [1.165, 1.54) is 0 Å². The maximum Gasteiger partial charge on any atom is 0.141 e. The monoisotopic (exact) mass is 225 g/mol. The molecular weight excluding hydrogens is 214 g/mol. The van der Waals surface area contributed by atoms with Crippen LogP contribution in [0.1, 0.15) is 5.69 Å². The molecule has 0 radical (unpaired) electrons. The summed E-state index contributed by atoms with van der Waals surface area (Å²) in [5.74, 6) is 0.201. The largest absolute Gasteiger partial charge is 0.506 e. The Morgan fingerprint density at radius 2 is 2.18 bits per heavy atom. The Morgan fingerprint density at radius 3 is 2.94 bits per heavy atom. The Balaban J connectivity index is 2.42. The molecular formula is C13H11N3O. The molecule has 0 saturated carbocycles. The minimum atomic E-state index is 0.201. The van der Waals surface area contributed by atoms with Gasteiger partial charge in [-0.1, -0.05) is 12.1 Å². The van der Waals surface area contributed by atoms with E-state index in [0.717, 1.165) is 16.8 Å². The number of phenols is 1. The molecule has 4 heteroatoms. The van der Waals surface area contributed by atoms with Crippen LogP contribution in [0.4, 0.5) is 0 Å². The third-order valence-electron chi connectivity index (χ3n) is 2.71. The lowest BCUT2D eigenvalue weighted by atomic mass is 10.1. The first-order chi connectivity index (χ1) is 8.25. The zero-order valence-corrected chi connectivity index (χ0v) is 9.33. The van der Waals surface area contributed by atoms with Crippen LogP contribution < -0.4 is 0 Å². The summed E-state index contributed by atoms with van der Waals surface area (Å²) in [5, 5.41) is 10.7. The summed E-state index contributed by atoms with van der Waals surface area (Å²) >= 11 is 0. The smallest absolute Gasteiger partial charge is 0.141 e. The molecule has 0 fully saturated rings. The van der Waals surface area contributed by atoms with Gasteiger partial charge in [0.1, 0.15) is 11.3 Å². The van der Waals surface area contributed by atoms with Gasteiger partial charge in [-0.25, -0.2) is 9.97 Å². The molecule has 0 amide bonds. The number of phenolic OH excluding ortho intramolecular Hbond substituents is 1. The van der Waals surface area contributed by atoms with Gasteiger partial charge >= 0.3 is 0 Å². The topological polar surface area (TPSA) is 50.9 Å². The number of imidazole rings is 1. The van der Waals surface area contributed by atoms with Crippen molar-refractivity contribution in [3.63, 3.8) is 0 Å². The lowest BCUT2D eigenvalue weighted by Crippen LogP contribution is -1.95. The Labute approximate surface area is 98.2 Å². The Hall–Kier alpha value is -2.36. The second-order valence-electron chi connectivity index (χ2n) is 3.93. The van der Waals surface area contributed by atoms with Crippen molar-refractivity contribution < 1.29 is 5.11 Å². The van der Waals surface area contributed by atoms with E-state index >= 15 is 0 Å². The van der Waals surface area contributed by atoms with E-state index in [-0.39, 0.29) is 5.75 Å². The SMILES string of the molecule is Cc1cc(-n2ccnc2)c2cccc(O)c2n1. The van der Waals surface area contributed by atoms with Crippen molar-refractivity contribution in [3.05, 3.63) is 48.7 Å². The van der Waals surface area contributed by atoms with Crippen molar-refractivity contribution in [2.75, 3.05) is 0 Å². The second-order valence-corrected chi connectivity index (χ2v) is 3.93. The highest BCUT2D eigenvalue weighted by atomic mass is 16.3. The van der Waals surface area contributed by atoms with Crippen molar-refractivity contribution in [1.29, 1.82) is 0 Å². The van der Waals surface area contributed by atoms with E-state index in [9.17, 15) is 5.11 Å². The highest BCUT2D eigenvalue weighted by Crippen LogP contribution is 2.27. The van der Waals surface area contributed by atoms with E-state index in [1.807, 2.05) is 35.9 Å². The number of pyridine rings is 1. The predicted molar refractivity (Wildman–Crippen MR) is 65.3 cm³/mol. The molecule has 0 bridgehead atoms. The number of para-hydroxylation sites is 1. The summed E-state index contributed by atoms with van der Waals surface area (Å²) in [5.41, 5.74) is 2.46. The molecule has 0 spiro atoms. The number of fused-ring (bicyclic) bond motifs is 1. The number of aromatic nitrogens is 3. The van der Waals surface area contributed by atoms with E-state index in [4.69, 9.17) is 0 Å². The molecule has 4 nitrogen and oxygen atoms in total. The van der Waals surface area contributed by atoms with Crippen LogP contribution >= 0.6 is 0 Å². The minimum Gasteiger partial charge on any atom is -0.506 e. The summed E-state index contributed by atoms with van der Waals surface area (Å²) in [6, 6.07) is 7.38. The molecule has 0 aliphatic heterocycles. The van der Waals surface area contributed by atoms with Gasteiger partial charge in [0.05, 0.1) is 12.0 Å². The van der Waals surface area contributed by atoms with E-state index in [0.29, 0.717) is 5.52 Å². The van der Waals surface area contributed by atoms with Crippen LogP contribution in [-0.2, 0) is 0 Å². The lowest BCUT2D eigenvalue weighted by molar-refractivity contribution is 0.480. The van der Waals surface area contributed by atoms with Crippen LogP contribution in [0.2, 0.25) is 0 Å². The van der Waals surface area contributed by atoms with Gasteiger partial charge in [0.2, 0.25) is 0 Å². The lowest BCUT2D eigenvalue weighted by Gasteiger charge is -2.09. The number of aryl methyl sites for hydroxylation is 1. The average Bonchev–Trinajstić information content (AvgIpc) is 2.83. The van der Waals surface area contributed by atoms with E-state index in [1.54, 1.807) is 18.6 Å². The second kappa shape index (κ2) is 3.59. The van der Waals surface area contributed by atoms with Crippen LogP contribution in [-0.4, -0.2) is 19.6 Å². The van der Waals surface area contributed by atoms with Gasteiger partial charge in [-0.3, -0.25) is 0 Å². The number of hydrogen-bond acceptors (Lipinski definition) is 3. The summed E-state index contributed by atoms with van der Waals surface area (Å²) in [4.78, 5) is 8.40. The summed E-state index contributed by atoms with van der Waals surface area (Å²) in [6.45, 7) is 1.91. The highest BCUT2D eigenvalue weighted by molar-refractivity contribution is 5.91. The van der Waals surface area contributed by atoms with Crippen LogP contribution in [0, 0.1) is 6.92 Å². The van der Waals surface area contributed by atoms with Gasteiger partial charge in [0, 0.05) is 23.5 Å². The molecule has 3 rings (SSSR count). The van der Waals surface area contributed by atoms with Crippen LogP contribution in [0.15, 0.2) is 43.0 Å². The standard InChI is InChI=1S/C13H11N3O/c1-9-7-11(16-6-5-14-8-16)10-3-2-4-12(17)13(10)15-9/h2-8,17H,1H3. The summed E-state index contributed by atoms with van der Waals surface area (Å²) < 4.78 is 1.91. The highest BCUT2D eigenvalue weighted by Gasteiger charge is 2.08. The fourth-order valence-corrected chi connectivity index (χ4v) is 1.95. The Kier molecular flexibility index (Phi) is 2.08. The van der Waals surface area contributed by atoms with Gasteiger partial charge in [0.15, 0.2) is 0 Å². The first-order valence-electron chi connectivity index (χ1n) is 5.33. The third kappa shape index (κ3) is 1.54. The van der Waals surface area contributed by atoms with Crippen molar-refractivity contribution in [2.24, 2.45) is 0 Å². The van der Waals surface area contributed by atoms with Crippen molar-refractivity contribution in [1.82, 2.24) is 14.5 Å². The number of nitrogens with zero attached hydrogens (tertiary/aromatic N) is 3. The van der Waals surface area contributed by atoms with Crippen molar-refractivity contribution in [2.45, 2.75) is 6.92 Å².